The fraction of sp³-hybridized carbons (Fsp3) is 0. The highest BCUT2D eigenvalue weighted by Crippen LogP contribution is 2.35. The lowest BCUT2D eigenvalue weighted by Crippen LogP contribution is -1.84. The van der Waals surface area contributed by atoms with Crippen molar-refractivity contribution in [2.75, 3.05) is 0 Å². The van der Waals surface area contributed by atoms with Crippen molar-refractivity contribution in [2.45, 2.75) is 0 Å². The van der Waals surface area contributed by atoms with E-state index >= 15 is 0 Å². The van der Waals surface area contributed by atoms with Gasteiger partial charge in [0.05, 0.1) is 0 Å². The predicted molar refractivity (Wildman–Crippen MR) is 117 cm³/mol. The lowest BCUT2D eigenvalue weighted by molar-refractivity contribution is 1.60. The van der Waals surface area contributed by atoms with Crippen molar-refractivity contribution in [3.8, 4) is 22.3 Å². The van der Waals surface area contributed by atoms with E-state index in [4.69, 9.17) is 11.6 Å². The second-order valence-electron chi connectivity index (χ2n) is 6.74. The van der Waals surface area contributed by atoms with E-state index in [1.165, 1.54) is 32.7 Å². The molecule has 0 nitrogen and oxygen atoms in total. The second kappa shape index (κ2) is 6.57. The normalized spacial score (nSPS) is 11.1. The summed E-state index contributed by atoms with van der Waals surface area (Å²) in [6, 6.07) is 36.2. The zero-order chi connectivity index (χ0) is 18.2. The molecule has 128 valence electrons. The number of hydrogen-bond acceptors (Lipinski definition) is 0. The molecule has 1 heteroatoms. The quantitative estimate of drug-likeness (QED) is 0.278. The van der Waals surface area contributed by atoms with Gasteiger partial charge in [-0.05, 0) is 44.3 Å². The topological polar surface area (TPSA) is 0 Å². The molecule has 0 saturated carbocycles. The molecule has 0 unspecified atom stereocenters. The summed E-state index contributed by atoms with van der Waals surface area (Å²) in [5, 5.41) is 5.92. The zero-order valence-electron chi connectivity index (χ0n) is 14.7. The molecule has 5 aromatic carbocycles. The van der Waals surface area contributed by atoms with Crippen LogP contribution >= 0.6 is 11.6 Å². The van der Waals surface area contributed by atoms with Crippen molar-refractivity contribution in [3.63, 3.8) is 0 Å². The van der Waals surface area contributed by atoms with Crippen molar-refractivity contribution in [1.82, 2.24) is 0 Å². The molecule has 0 saturated heterocycles. The minimum absolute atomic E-state index is 0.780. The number of hydrogen-bond donors (Lipinski definition) is 0. The van der Waals surface area contributed by atoms with Crippen LogP contribution in [-0.4, -0.2) is 0 Å². The van der Waals surface area contributed by atoms with E-state index in [2.05, 4.69) is 84.9 Å². The van der Waals surface area contributed by atoms with Crippen molar-refractivity contribution in [1.29, 1.82) is 0 Å². The van der Waals surface area contributed by atoms with Crippen molar-refractivity contribution < 1.29 is 0 Å². The molecule has 0 fully saturated rings. The molecule has 0 atom stereocenters. The van der Waals surface area contributed by atoms with E-state index < -0.39 is 0 Å². The Morgan fingerprint density at radius 3 is 1.85 bits per heavy atom. The van der Waals surface area contributed by atoms with Crippen molar-refractivity contribution >= 4 is 33.1 Å². The van der Waals surface area contributed by atoms with Gasteiger partial charge in [0.25, 0.3) is 0 Å². The molecule has 0 spiro atoms. The van der Waals surface area contributed by atoms with Gasteiger partial charge in [0.2, 0.25) is 0 Å². The summed E-state index contributed by atoms with van der Waals surface area (Å²) < 4.78 is 0. The van der Waals surface area contributed by atoms with Gasteiger partial charge in [-0.15, -0.1) is 0 Å². The molecule has 0 aromatic heterocycles. The highest BCUT2D eigenvalue weighted by atomic mass is 35.5. The van der Waals surface area contributed by atoms with Gasteiger partial charge in [0, 0.05) is 10.6 Å². The maximum Gasteiger partial charge on any atom is 0.0484 e. The Balaban J connectivity index is 1.66. The number of benzene rings is 5. The van der Waals surface area contributed by atoms with E-state index in [1.54, 1.807) is 0 Å². The van der Waals surface area contributed by atoms with Crippen LogP contribution in [0.5, 0.6) is 0 Å². The summed E-state index contributed by atoms with van der Waals surface area (Å²) in [6.07, 6.45) is 0. The number of halogens is 1. The first kappa shape index (κ1) is 16.1. The third-order valence-electron chi connectivity index (χ3n) is 5.17. The van der Waals surface area contributed by atoms with Gasteiger partial charge in [0.1, 0.15) is 0 Å². The minimum atomic E-state index is 0.780. The fourth-order valence-electron chi connectivity index (χ4n) is 3.82. The van der Waals surface area contributed by atoms with Gasteiger partial charge < -0.3 is 0 Å². The third-order valence-corrected chi connectivity index (χ3v) is 5.50. The highest BCUT2D eigenvalue weighted by Gasteiger charge is 2.08. The molecule has 0 aliphatic carbocycles. The Labute approximate surface area is 163 Å². The smallest absolute Gasteiger partial charge is 0.0484 e. The van der Waals surface area contributed by atoms with Crippen molar-refractivity contribution in [2.24, 2.45) is 0 Å². The fourth-order valence-corrected chi connectivity index (χ4v) is 4.06. The van der Waals surface area contributed by atoms with Crippen LogP contribution in [0.4, 0.5) is 0 Å². The highest BCUT2D eigenvalue weighted by molar-refractivity contribution is 6.33. The van der Waals surface area contributed by atoms with E-state index in [1.807, 2.05) is 18.2 Å². The molecule has 0 bridgehead atoms. The summed E-state index contributed by atoms with van der Waals surface area (Å²) in [6.45, 7) is 0. The van der Waals surface area contributed by atoms with Gasteiger partial charge >= 0.3 is 0 Å². The van der Waals surface area contributed by atoms with Crippen LogP contribution in [0.25, 0.3) is 43.8 Å². The lowest BCUT2D eigenvalue weighted by atomic mass is 9.94. The Kier molecular flexibility index (Phi) is 3.92. The van der Waals surface area contributed by atoms with Crippen LogP contribution in [0, 0.1) is 0 Å². The summed E-state index contributed by atoms with van der Waals surface area (Å²) >= 11 is 6.35. The van der Waals surface area contributed by atoms with Gasteiger partial charge in [-0.2, -0.15) is 0 Å². The Hall–Kier alpha value is -3.09. The largest absolute Gasteiger partial charge is 0.0837 e. The molecule has 5 rings (SSSR count). The summed E-state index contributed by atoms with van der Waals surface area (Å²) in [7, 11) is 0. The van der Waals surface area contributed by atoms with Crippen LogP contribution in [-0.2, 0) is 0 Å². The molecule has 0 N–H and O–H groups in total. The van der Waals surface area contributed by atoms with Gasteiger partial charge in [0.15, 0.2) is 0 Å². The molecule has 0 heterocycles. The molecular formula is C26H17Cl. The van der Waals surface area contributed by atoms with E-state index in [-0.39, 0.29) is 0 Å². The first-order valence-electron chi connectivity index (χ1n) is 9.07. The average Bonchev–Trinajstić information content (AvgIpc) is 2.74. The summed E-state index contributed by atoms with van der Waals surface area (Å²) in [5.41, 5.74) is 4.67. The molecule has 5 aromatic rings. The maximum atomic E-state index is 6.35. The summed E-state index contributed by atoms with van der Waals surface area (Å²) in [4.78, 5) is 0. The first-order valence-corrected chi connectivity index (χ1v) is 9.45. The third kappa shape index (κ3) is 2.79. The van der Waals surface area contributed by atoms with E-state index in [0.717, 1.165) is 16.1 Å². The van der Waals surface area contributed by atoms with Crippen LogP contribution < -0.4 is 0 Å². The van der Waals surface area contributed by atoms with Crippen LogP contribution in [0.2, 0.25) is 5.02 Å². The SMILES string of the molecule is Clc1ccccc1-c1ccc(-c2cccc3c2ccc2ccccc23)cc1. The van der Waals surface area contributed by atoms with Crippen LogP contribution in [0.1, 0.15) is 0 Å². The molecule has 0 aliphatic rings. The summed E-state index contributed by atoms with van der Waals surface area (Å²) in [5.74, 6) is 0. The Morgan fingerprint density at radius 2 is 1.04 bits per heavy atom. The molecule has 0 aliphatic heterocycles. The Morgan fingerprint density at radius 1 is 0.407 bits per heavy atom. The second-order valence-corrected chi connectivity index (χ2v) is 7.15. The van der Waals surface area contributed by atoms with Crippen molar-refractivity contribution in [3.05, 3.63) is 108 Å². The molecular weight excluding hydrogens is 348 g/mol. The van der Waals surface area contributed by atoms with Gasteiger partial charge in [-0.25, -0.2) is 0 Å². The molecule has 27 heavy (non-hydrogen) atoms. The average molecular weight is 365 g/mol. The molecule has 0 radical (unpaired) electrons. The van der Waals surface area contributed by atoms with E-state index in [0.29, 0.717) is 0 Å². The predicted octanol–water partition coefficient (Wildman–Crippen LogP) is 7.98. The van der Waals surface area contributed by atoms with E-state index in [9.17, 15) is 0 Å². The zero-order valence-corrected chi connectivity index (χ0v) is 15.4. The van der Waals surface area contributed by atoms with Gasteiger partial charge in [-0.3, -0.25) is 0 Å². The Bertz CT molecular complexity index is 1270. The van der Waals surface area contributed by atoms with Crippen LogP contribution in [0.3, 0.4) is 0 Å². The first-order chi connectivity index (χ1) is 13.3. The molecule has 0 amide bonds. The number of fused-ring (bicyclic) bond motifs is 3. The van der Waals surface area contributed by atoms with Gasteiger partial charge in [-0.1, -0.05) is 109 Å². The lowest BCUT2D eigenvalue weighted by Gasteiger charge is -2.11. The van der Waals surface area contributed by atoms with Crippen LogP contribution in [0.15, 0.2) is 103 Å². The monoisotopic (exact) mass is 364 g/mol. The minimum Gasteiger partial charge on any atom is -0.0837 e. The standard InChI is InChI=1S/C26H17Cl/c27-26-11-4-3-8-23(26)20-14-12-19(13-15-20)22-9-5-10-24-21-7-2-1-6-18(21)16-17-25(22)24/h1-17H. The maximum absolute atomic E-state index is 6.35. The number of rotatable bonds is 2.